The summed E-state index contributed by atoms with van der Waals surface area (Å²) in [4.78, 5) is 0. The second-order valence-corrected chi connectivity index (χ2v) is 14.7. The first-order valence-electron chi connectivity index (χ1n) is 15.1. The van der Waals surface area contributed by atoms with Crippen LogP contribution in [0.15, 0.2) is 206 Å². The Morgan fingerprint density at radius 1 is 0.319 bits per heavy atom. The van der Waals surface area contributed by atoms with E-state index < -0.39 is 15.8 Å². The van der Waals surface area contributed by atoms with Crippen molar-refractivity contribution in [3.8, 4) is 0 Å². The topological polar surface area (TPSA) is 0 Å². The molecule has 0 atom stereocenters. The summed E-state index contributed by atoms with van der Waals surface area (Å²) >= 11 is 0. The van der Waals surface area contributed by atoms with Gasteiger partial charge in [0.25, 0.3) is 0 Å². The molecule has 0 aliphatic heterocycles. The third-order valence-corrected chi connectivity index (χ3v) is 11.8. The molecule has 0 unspecified atom stereocenters. The number of rotatable bonds is 6. The monoisotopic (exact) mass is 708 g/mol. The number of hydrogen-bond donors (Lipinski definition) is 0. The van der Waals surface area contributed by atoms with Crippen LogP contribution in [0.4, 0.5) is 0 Å². The second kappa shape index (κ2) is 21.1. The fourth-order valence-electron chi connectivity index (χ4n) is 4.84. The van der Waals surface area contributed by atoms with Crippen molar-refractivity contribution in [2.24, 2.45) is 0 Å². The summed E-state index contributed by atoms with van der Waals surface area (Å²) in [5.41, 5.74) is 1.20. The van der Waals surface area contributed by atoms with Gasteiger partial charge in [-0.25, -0.2) is 0 Å². The second-order valence-electron chi connectivity index (χ2n) is 10.2. The molecule has 1 radical (unpaired) electrons. The van der Waals surface area contributed by atoms with E-state index >= 15 is 0 Å². The molecule has 4 heteroatoms. The van der Waals surface area contributed by atoms with Gasteiger partial charge in [-0.2, -0.15) is 0 Å². The Morgan fingerprint density at radius 2 is 0.532 bits per heavy atom. The van der Waals surface area contributed by atoms with Crippen LogP contribution in [0, 0.1) is 13.0 Å². The van der Waals surface area contributed by atoms with Gasteiger partial charge in [0.15, 0.2) is 0 Å². The molecular formula is C43H37ClNiP2-. The summed E-state index contributed by atoms with van der Waals surface area (Å²) in [6, 6.07) is 75.6. The molecule has 0 spiro atoms. The van der Waals surface area contributed by atoms with Crippen molar-refractivity contribution in [2.45, 2.75) is 6.92 Å². The van der Waals surface area contributed by atoms with Crippen LogP contribution < -0.4 is 44.2 Å². The number of benzene rings is 7. The smallest absolute Gasteiger partial charge is 0 e. The van der Waals surface area contributed by atoms with E-state index in [9.17, 15) is 0 Å². The van der Waals surface area contributed by atoms with Crippen molar-refractivity contribution >= 4 is 47.7 Å². The van der Waals surface area contributed by atoms with Gasteiger partial charge in [0.1, 0.15) is 0 Å². The van der Waals surface area contributed by atoms with Crippen LogP contribution in [0.2, 0.25) is 0 Å². The fourth-order valence-corrected chi connectivity index (χ4v) is 9.45. The zero-order valence-corrected chi connectivity index (χ0v) is 29.8. The molecule has 237 valence electrons. The van der Waals surface area contributed by atoms with Crippen LogP contribution in [0.25, 0.3) is 0 Å². The Hall–Kier alpha value is -3.82. The van der Waals surface area contributed by atoms with Crippen molar-refractivity contribution in [1.29, 1.82) is 0 Å². The molecule has 47 heavy (non-hydrogen) atoms. The van der Waals surface area contributed by atoms with Gasteiger partial charge >= 0.3 is 0 Å². The fraction of sp³-hybridized carbons (Fsp3) is 0.0233. The van der Waals surface area contributed by atoms with Crippen LogP contribution in [0.3, 0.4) is 0 Å². The van der Waals surface area contributed by atoms with E-state index in [4.69, 9.17) is 0 Å². The third kappa shape index (κ3) is 11.7. The van der Waals surface area contributed by atoms with Gasteiger partial charge in [0.2, 0.25) is 0 Å². The predicted octanol–water partition coefficient (Wildman–Crippen LogP) is 5.69. The first kappa shape index (κ1) is 37.6. The standard InChI is InChI=1S/2C18H15P.C7H7.ClH.Ni/c2*1-4-10-16(11-5-1)19(17-12-6-2-7-13-17)18-14-8-3-9-15-18;1-7-5-3-2-4-6-7;;/h2*1-15H;2-5H,1H3;1H;/p-1. The van der Waals surface area contributed by atoms with E-state index in [0.717, 1.165) is 0 Å². The maximum absolute atomic E-state index is 3.03. The first-order valence-corrected chi connectivity index (χ1v) is 17.8. The van der Waals surface area contributed by atoms with Crippen molar-refractivity contribution in [1.82, 2.24) is 0 Å². The molecule has 0 amide bonds. The molecule has 7 rings (SSSR count). The largest absolute Gasteiger partial charge is 1.00 e. The Bertz CT molecular complexity index is 1470. The number of aryl methyl sites for hydroxylation is 1. The van der Waals surface area contributed by atoms with Gasteiger partial charge in [-0.3, -0.25) is 0 Å². The average Bonchev–Trinajstić information content (AvgIpc) is 3.12. The molecule has 0 aliphatic carbocycles. The Kier molecular flexibility index (Phi) is 16.9. The van der Waals surface area contributed by atoms with Crippen LogP contribution in [-0.2, 0) is 16.5 Å². The van der Waals surface area contributed by atoms with Crippen LogP contribution >= 0.6 is 15.8 Å². The maximum atomic E-state index is 3.03. The summed E-state index contributed by atoms with van der Waals surface area (Å²) in [7, 11) is -0.892. The average molecular weight is 710 g/mol. The normalized spacial score (nSPS) is 9.85. The van der Waals surface area contributed by atoms with Gasteiger partial charge in [-0.1, -0.05) is 206 Å². The molecule has 0 saturated carbocycles. The van der Waals surface area contributed by atoms with Crippen LogP contribution in [0.1, 0.15) is 5.56 Å². The minimum atomic E-state index is -0.446. The third-order valence-electron chi connectivity index (χ3n) is 6.95. The van der Waals surface area contributed by atoms with E-state index in [0.29, 0.717) is 0 Å². The molecule has 0 saturated heterocycles. The minimum Gasteiger partial charge on any atom is -1.00 e. The number of halogens is 1. The Balaban J connectivity index is 0.000000205. The summed E-state index contributed by atoms with van der Waals surface area (Å²) < 4.78 is 0. The molecule has 7 aromatic carbocycles. The van der Waals surface area contributed by atoms with E-state index in [1.807, 2.05) is 31.2 Å². The predicted molar refractivity (Wildman–Crippen MR) is 200 cm³/mol. The first-order chi connectivity index (χ1) is 22.3. The minimum absolute atomic E-state index is 0. The molecule has 0 bridgehead atoms. The molecule has 0 N–H and O–H groups in total. The molecule has 0 heterocycles. The van der Waals surface area contributed by atoms with Crippen molar-refractivity contribution < 1.29 is 28.9 Å². The quantitative estimate of drug-likeness (QED) is 0.154. The van der Waals surface area contributed by atoms with Crippen LogP contribution in [0.5, 0.6) is 0 Å². The molecule has 0 aromatic heterocycles. The van der Waals surface area contributed by atoms with E-state index in [2.05, 4.69) is 188 Å². The van der Waals surface area contributed by atoms with Gasteiger partial charge in [0.05, 0.1) is 0 Å². The Labute approximate surface area is 299 Å². The van der Waals surface area contributed by atoms with E-state index in [1.54, 1.807) is 0 Å². The maximum Gasteiger partial charge on any atom is 0 e. The summed E-state index contributed by atoms with van der Waals surface area (Å²) in [6.07, 6.45) is 0. The zero-order chi connectivity index (χ0) is 30.9. The summed E-state index contributed by atoms with van der Waals surface area (Å²) in [5, 5.41) is 8.39. The zero-order valence-electron chi connectivity index (χ0n) is 26.2. The molecule has 0 aliphatic rings. The van der Waals surface area contributed by atoms with Gasteiger partial charge in [-0.15, -0.1) is 0 Å². The SMILES string of the molecule is Cc1[c]cccc1.[Cl-].[Ni].c1ccc(P(c2ccccc2)c2ccccc2)cc1.c1ccc(P(c2ccccc2)c2ccccc2)cc1. The van der Waals surface area contributed by atoms with Gasteiger partial charge < -0.3 is 12.4 Å². The molecule has 0 fully saturated rings. The van der Waals surface area contributed by atoms with E-state index in [1.165, 1.54) is 37.4 Å². The van der Waals surface area contributed by atoms with Gasteiger partial charge in [-0.05, 0) is 66.2 Å². The Morgan fingerprint density at radius 3 is 0.681 bits per heavy atom. The molecule has 7 aromatic rings. The summed E-state index contributed by atoms with van der Waals surface area (Å²) in [6.45, 7) is 2.03. The van der Waals surface area contributed by atoms with Crippen LogP contribution in [-0.4, -0.2) is 0 Å². The number of hydrogen-bond acceptors (Lipinski definition) is 0. The van der Waals surface area contributed by atoms with Crippen molar-refractivity contribution in [2.75, 3.05) is 0 Å². The van der Waals surface area contributed by atoms with E-state index in [-0.39, 0.29) is 28.9 Å². The van der Waals surface area contributed by atoms with Crippen molar-refractivity contribution in [3.63, 3.8) is 0 Å². The molecule has 0 nitrogen and oxygen atoms in total. The molecular weight excluding hydrogens is 673 g/mol. The summed E-state index contributed by atoms with van der Waals surface area (Å²) in [5.74, 6) is 0. The van der Waals surface area contributed by atoms with Crippen molar-refractivity contribution in [3.05, 3.63) is 218 Å². The van der Waals surface area contributed by atoms with Gasteiger partial charge in [0, 0.05) is 16.5 Å².